The van der Waals surface area contributed by atoms with Crippen LogP contribution in [0.5, 0.6) is 0 Å². The van der Waals surface area contributed by atoms with E-state index in [1.54, 1.807) is 0 Å². The lowest BCUT2D eigenvalue weighted by Crippen LogP contribution is -2.36. The summed E-state index contributed by atoms with van der Waals surface area (Å²) >= 11 is 1.89. The molecule has 1 aromatic heterocycles. The summed E-state index contributed by atoms with van der Waals surface area (Å²) in [7, 11) is 0. The van der Waals surface area contributed by atoms with Crippen molar-refractivity contribution in [2.75, 3.05) is 12.0 Å². The van der Waals surface area contributed by atoms with E-state index in [0.717, 1.165) is 25.8 Å². The van der Waals surface area contributed by atoms with Crippen LogP contribution >= 0.6 is 11.8 Å². The summed E-state index contributed by atoms with van der Waals surface area (Å²) in [4.78, 5) is 3.29. The van der Waals surface area contributed by atoms with Crippen LogP contribution in [0.3, 0.4) is 0 Å². The van der Waals surface area contributed by atoms with Crippen LogP contribution in [0, 0.1) is 11.3 Å². The van der Waals surface area contributed by atoms with E-state index >= 15 is 0 Å². The number of hydrogen-bond donors (Lipinski definition) is 1. The summed E-state index contributed by atoms with van der Waals surface area (Å²) in [6, 6.07) is 2.18. The fraction of sp³-hybridized carbons (Fsp3) is 0.667. The summed E-state index contributed by atoms with van der Waals surface area (Å²) < 4.78 is 2.28. The minimum Gasteiger partial charge on any atom is -0.248 e. The van der Waals surface area contributed by atoms with E-state index in [1.165, 1.54) is 18.0 Å². The zero-order valence-corrected chi connectivity index (χ0v) is 10.7. The van der Waals surface area contributed by atoms with Crippen molar-refractivity contribution in [3.05, 3.63) is 18.2 Å². The van der Waals surface area contributed by atoms with Crippen molar-refractivity contribution < 1.29 is 4.57 Å². The first kappa shape index (κ1) is 13.1. The van der Waals surface area contributed by atoms with Crippen LogP contribution in [0.15, 0.2) is 12.4 Å². The number of aryl methyl sites for hydroxylation is 2. The standard InChI is InChI=1S/C12H19N3S/c1-16-11-5-6-12-14-8-10-15(12)9-4-2-3-7-13/h8,10H,2-6,9,11H2,1H3/p+1. The molecule has 0 bridgehead atoms. The van der Waals surface area contributed by atoms with E-state index in [-0.39, 0.29) is 0 Å². The number of unbranched alkanes of at least 4 members (excludes halogenated alkanes) is 2. The zero-order valence-electron chi connectivity index (χ0n) is 9.91. The van der Waals surface area contributed by atoms with Gasteiger partial charge in [-0.1, -0.05) is 0 Å². The van der Waals surface area contributed by atoms with Crippen molar-refractivity contribution in [3.8, 4) is 6.07 Å². The Morgan fingerprint density at radius 2 is 2.31 bits per heavy atom. The van der Waals surface area contributed by atoms with Crippen molar-refractivity contribution in [3.63, 3.8) is 0 Å². The molecule has 4 heteroatoms. The topological polar surface area (TPSA) is 43.5 Å². The first-order chi connectivity index (χ1) is 7.88. The second-order valence-corrected chi connectivity index (χ2v) is 4.80. The lowest BCUT2D eigenvalue weighted by Gasteiger charge is -1.99. The van der Waals surface area contributed by atoms with Gasteiger partial charge in [0.1, 0.15) is 12.4 Å². The van der Waals surface area contributed by atoms with Gasteiger partial charge in [0.2, 0.25) is 0 Å². The lowest BCUT2D eigenvalue weighted by molar-refractivity contribution is -0.703. The molecule has 16 heavy (non-hydrogen) atoms. The molecule has 88 valence electrons. The fourth-order valence-corrected chi connectivity index (χ4v) is 2.12. The summed E-state index contributed by atoms with van der Waals surface area (Å²) in [6.45, 7) is 1.03. The van der Waals surface area contributed by atoms with E-state index in [2.05, 4.69) is 28.1 Å². The van der Waals surface area contributed by atoms with Gasteiger partial charge in [0.05, 0.1) is 12.6 Å². The average Bonchev–Trinajstić information content (AvgIpc) is 2.73. The molecule has 0 fully saturated rings. The molecular formula is C12H20N3S+. The highest BCUT2D eigenvalue weighted by molar-refractivity contribution is 7.98. The highest BCUT2D eigenvalue weighted by Gasteiger charge is 2.08. The Kier molecular flexibility index (Phi) is 6.75. The maximum atomic E-state index is 8.46. The van der Waals surface area contributed by atoms with Gasteiger partial charge >= 0.3 is 0 Å². The van der Waals surface area contributed by atoms with Crippen molar-refractivity contribution in [2.45, 2.75) is 38.6 Å². The first-order valence-electron chi connectivity index (χ1n) is 5.80. The molecule has 0 aliphatic rings. The number of rotatable bonds is 8. The van der Waals surface area contributed by atoms with Crippen LogP contribution in [0.4, 0.5) is 0 Å². The molecule has 0 saturated heterocycles. The number of aromatic nitrogens is 2. The Morgan fingerprint density at radius 3 is 3.06 bits per heavy atom. The van der Waals surface area contributed by atoms with Crippen LogP contribution in [0.2, 0.25) is 0 Å². The number of hydrogen-bond acceptors (Lipinski definition) is 2. The van der Waals surface area contributed by atoms with Gasteiger partial charge in [0, 0.05) is 12.8 Å². The van der Waals surface area contributed by atoms with E-state index in [0.29, 0.717) is 6.42 Å². The first-order valence-corrected chi connectivity index (χ1v) is 7.19. The van der Waals surface area contributed by atoms with E-state index in [9.17, 15) is 0 Å². The molecule has 0 unspecified atom stereocenters. The molecule has 0 atom stereocenters. The van der Waals surface area contributed by atoms with Crippen molar-refractivity contribution in [1.82, 2.24) is 4.98 Å². The van der Waals surface area contributed by atoms with E-state index in [1.807, 2.05) is 18.0 Å². The smallest absolute Gasteiger partial charge is 0.248 e. The van der Waals surface area contributed by atoms with Crippen LogP contribution < -0.4 is 4.57 Å². The maximum Gasteiger partial charge on any atom is 0.254 e. The van der Waals surface area contributed by atoms with Crippen molar-refractivity contribution >= 4 is 11.8 Å². The summed E-state index contributed by atoms with van der Waals surface area (Å²) in [5.41, 5.74) is 0. The fourth-order valence-electron chi connectivity index (χ4n) is 1.69. The van der Waals surface area contributed by atoms with Crippen LogP contribution in [0.25, 0.3) is 0 Å². The van der Waals surface area contributed by atoms with Gasteiger partial charge < -0.3 is 0 Å². The van der Waals surface area contributed by atoms with Crippen LogP contribution in [-0.2, 0) is 13.0 Å². The van der Waals surface area contributed by atoms with E-state index < -0.39 is 0 Å². The predicted molar refractivity (Wildman–Crippen MR) is 67.2 cm³/mol. The Bertz CT molecular complexity index is 327. The zero-order chi connectivity index (χ0) is 11.6. The molecule has 0 aliphatic heterocycles. The third-order valence-corrected chi connectivity index (χ3v) is 3.25. The molecule has 0 aliphatic carbocycles. The van der Waals surface area contributed by atoms with Crippen molar-refractivity contribution in [2.24, 2.45) is 0 Å². The van der Waals surface area contributed by atoms with Gasteiger partial charge in [0.25, 0.3) is 5.82 Å². The normalized spacial score (nSPS) is 10.2. The summed E-state index contributed by atoms with van der Waals surface area (Å²) in [5, 5.41) is 8.46. The van der Waals surface area contributed by atoms with Crippen molar-refractivity contribution in [1.29, 1.82) is 5.26 Å². The van der Waals surface area contributed by atoms with E-state index in [4.69, 9.17) is 5.26 Å². The predicted octanol–water partition coefficient (Wildman–Crippen LogP) is 2.29. The second kappa shape index (κ2) is 8.23. The largest absolute Gasteiger partial charge is 0.254 e. The Hall–Kier alpha value is -0.950. The molecule has 1 rings (SSSR count). The Balaban J connectivity index is 2.29. The number of nitrogens with zero attached hydrogens (tertiary/aromatic N) is 2. The molecule has 1 aromatic rings. The molecule has 0 amide bonds. The molecule has 0 radical (unpaired) electrons. The van der Waals surface area contributed by atoms with Gasteiger partial charge in [-0.3, -0.25) is 0 Å². The van der Waals surface area contributed by atoms with Crippen LogP contribution in [0.1, 0.15) is 31.5 Å². The number of thioether (sulfide) groups is 1. The van der Waals surface area contributed by atoms with Gasteiger partial charge in [-0.25, -0.2) is 9.55 Å². The van der Waals surface area contributed by atoms with Crippen LogP contribution in [-0.4, -0.2) is 17.0 Å². The summed E-state index contributed by atoms with van der Waals surface area (Å²) in [5.74, 6) is 2.53. The van der Waals surface area contributed by atoms with Gasteiger partial charge in [0.15, 0.2) is 0 Å². The second-order valence-electron chi connectivity index (χ2n) is 3.81. The minimum atomic E-state index is 0.673. The number of aromatic amines is 1. The van der Waals surface area contributed by atoms with Gasteiger partial charge in [-0.05, 0) is 31.3 Å². The van der Waals surface area contributed by atoms with Gasteiger partial charge in [-0.2, -0.15) is 17.0 Å². The molecule has 0 spiro atoms. The number of H-pyrrole nitrogens is 1. The Labute approximate surface area is 102 Å². The quantitative estimate of drug-likeness (QED) is 0.558. The molecule has 1 N–H and O–H groups in total. The molecule has 0 saturated carbocycles. The molecular weight excluding hydrogens is 218 g/mol. The third kappa shape index (κ3) is 4.71. The molecule has 1 heterocycles. The summed E-state index contributed by atoms with van der Waals surface area (Å²) in [6.07, 6.45) is 11.3. The minimum absolute atomic E-state index is 0.673. The van der Waals surface area contributed by atoms with Gasteiger partial charge in [-0.15, -0.1) is 0 Å². The SMILES string of the molecule is CSCCCc1[nH]cc[n+]1CCCCC#N. The average molecular weight is 238 g/mol. The highest BCUT2D eigenvalue weighted by atomic mass is 32.2. The molecule has 0 aromatic carbocycles. The molecule has 3 nitrogen and oxygen atoms in total. The lowest BCUT2D eigenvalue weighted by atomic mass is 10.2. The number of nitriles is 1. The number of nitrogens with one attached hydrogen (secondary N) is 1. The maximum absolute atomic E-state index is 8.46. The highest BCUT2D eigenvalue weighted by Crippen LogP contribution is 2.01. The monoisotopic (exact) mass is 238 g/mol. The Morgan fingerprint density at radius 1 is 1.44 bits per heavy atom. The number of imidazole rings is 1. The third-order valence-electron chi connectivity index (χ3n) is 2.55.